The minimum Gasteiger partial charge on any atom is -0.398 e. The molecule has 0 fully saturated rings. The second kappa shape index (κ2) is 6.38. The first kappa shape index (κ1) is 14.3. The molecule has 0 aromatic carbocycles. The van der Waals surface area contributed by atoms with Crippen LogP contribution in [0.15, 0.2) is 35.3 Å². The van der Waals surface area contributed by atoms with Gasteiger partial charge in [-0.2, -0.15) is 0 Å². The van der Waals surface area contributed by atoms with Crippen LogP contribution in [-0.4, -0.2) is 10.5 Å². The first-order valence-corrected chi connectivity index (χ1v) is 7.20. The number of pyridine rings is 1. The minimum absolute atomic E-state index is 0.0180. The zero-order valence-electron chi connectivity index (χ0n) is 11.3. The van der Waals surface area contributed by atoms with E-state index in [2.05, 4.69) is 18.3 Å². The molecule has 0 radical (unpaired) electrons. The van der Waals surface area contributed by atoms with Crippen LogP contribution < -0.4 is 16.6 Å². The second-order valence-electron chi connectivity index (χ2n) is 4.43. The molecule has 106 valence electrons. The third kappa shape index (κ3) is 3.71. The molecular formula is C14H17N3O2S. The van der Waals surface area contributed by atoms with E-state index >= 15 is 0 Å². The molecular weight excluding hydrogens is 274 g/mol. The average Bonchev–Trinajstić information content (AvgIpc) is 2.89. The summed E-state index contributed by atoms with van der Waals surface area (Å²) in [5.41, 5.74) is 5.82. The van der Waals surface area contributed by atoms with Crippen molar-refractivity contribution in [2.45, 2.75) is 26.4 Å². The van der Waals surface area contributed by atoms with E-state index in [1.807, 2.05) is 6.07 Å². The Hall–Kier alpha value is -2.08. The number of aryl methyl sites for hydroxylation is 1. The van der Waals surface area contributed by atoms with Crippen molar-refractivity contribution in [1.82, 2.24) is 9.88 Å². The van der Waals surface area contributed by atoms with Gasteiger partial charge in [0.2, 0.25) is 5.91 Å². The molecule has 0 saturated heterocycles. The Bertz CT molecular complexity index is 660. The Morgan fingerprint density at radius 3 is 2.75 bits per heavy atom. The molecule has 0 bridgehead atoms. The van der Waals surface area contributed by atoms with Crippen LogP contribution >= 0.6 is 11.3 Å². The van der Waals surface area contributed by atoms with E-state index in [0.717, 1.165) is 11.3 Å². The average molecular weight is 291 g/mol. The number of hydrogen-bond acceptors (Lipinski definition) is 4. The van der Waals surface area contributed by atoms with E-state index in [-0.39, 0.29) is 18.0 Å². The van der Waals surface area contributed by atoms with Crippen molar-refractivity contribution in [1.29, 1.82) is 0 Å². The minimum atomic E-state index is -0.237. The summed E-state index contributed by atoms with van der Waals surface area (Å²) in [6.45, 7) is 2.57. The van der Waals surface area contributed by atoms with E-state index in [0.29, 0.717) is 12.2 Å². The number of carbonyl (C=O) groups excluding carboxylic acids is 1. The van der Waals surface area contributed by atoms with Gasteiger partial charge in [-0.25, -0.2) is 0 Å². The van der Waals surface area contributed by atoms with Gasteiger partial charge in [0.15, 0.2) is 0 Å². The Labute approximate surface area is 121 Å². The maximum absolute atomic E-state index is 11.8. The van der Waals surface area contributed by atoms with Crippen LogP contribution in [0.25, 0.3) is 0 Å². The van der Waals surface area contributed by atoms with E-state index in [4.69, 9.17) is 5.73 Å². The van der Waals surface area contributed by atoms with Gasteiger partial charge in [0.05, 0.1) is 6.54 Å². The van der Waals surface area contributed by atoms with Gasteiger partial charge in [-0.3, -0.25) is 9.59 Å². The number of nitrogens with zero attached hydrogens (tertiary/aromatic N) is 1. The number of nitrogen functional groups attached to an aromatic ring is 1. The fourth-order valence-electron chi connectivity index (χ4n) is 1.78. The number of thiophene rings is 1. The third-order valence-corrected chi connectivity index (χ3v) is 4.08. The molecule has 0 aliphatic rings. The lowest BCUT2D eigenvalue weighted by atomic mass is 10.3. The predicted octanol–water partition coefficient (Wildman–Crippen LogP) is 1.37. The molecule has 0 aliphatic heterocycles. The Balaban J connectivity index is 1.92. The summed E-state index contributed by atoms with van der Waals surface area (Å²) in [6, 6.07) is 6.95. The topological polar surface area (TPSA) is 77.1 Å². The van der Waals surface area contributed by atoms with Crippen LogP contribution in [0.2, 0.25) is 0 Å². The highest BCUT2D eigenvalue weighted by Gasteiger charge is 2.05. The van der Waals surface area contributed by atoms with Gasteiger partial charge in [-0.15, -0.1) is 11.3 Å². The number of carbonyl (C=O) groups is 1. The lowest BCUT2D eigenvalue weighted by Gasteiger charge is -2.07. The third-order valence-electron chi connectivity index (χ3n) is 2.85. The Morgan fingerprint density at radius 1 is 1.30 bits per heavy atom. The normalized spacial score (nSPS) is 10.4. The van der Waals surface area contributed by atoms with Gasteiger partial charge in [0.25, 0.3) is 5.56 Å². The summed E-state index contributed by atoms with van der Waals surface area (Å²) in [5, 5.41) is 2.80. The standard InChI is InChI=1S/C14H17N3O2S/c1-2-11-4-5-12(20-11)7-16-13(18)9-17-8-10(15)3-6-14(17)19/h3-6,8H,2,7,9,15H2,1H3,(H,16,18). The number of rotatable bonds is 5. The van der Waals surface area contributed by atoms with Crippen molar-refractivity contribution in [2.75, 3.05) is 5.73 Å². The zero-order valence-corrected chi connectivity index (χ0v) is 12.1. The molecule has 3 N–H and O–H groups in total. The molecule has 0 atom stereocenters. The van der Waals surface area contributed by atoms with Gasteiger partial charge in [0.1, 0.15) is 6.54 Å². The van der Waals surface area contributed by atoms with E-state index in [1.165, 1.54) is 27.8 Å². The quantitative estimate of drug-likeness (QED) is 0.873. The Morgan fingerprint density at radius 2 is 2.05 bits per heavy atom. The monoisotopic (exact) mass is 291 g/mol. The summed E-state index contributed by atoms with van der Waals surface area (Å²) in [6.07, 6.45) is 2.47. The summed E-state index contributed by atoms with van der Waals surface area (Å²) in [7, 11) is 0. The molecule has 2 rings (SSSR count). The first-order chi connectivity index (χ1) is 9.58. The molecule has 1 amide bonds. The molecule has 5 nitrogen and oxygen atoms in total. The zero-order chi connectivity index (χ0) is 14.5. The van der Waals surface area contributed by atoms with Crippen molar-refractivity contribution < 1.29 is 4.79 Å². The van der Waals surface area contributed by atoms with E-state index < -0.39 is 0 Å². The molecule has 0 aliphatic carbocycles. The predicted molar refractivity (Wildman–Crippen MR) is 80.7 cm³/mol. The summed E-state index contributed by atoms with van der Waals surface area (Å²) in [4.78, 5) is 25.8. The number of aromatic nitrogens is 1. The summed E-state index contributed by atoms with van der Waals surface area (Å²) in [5.74, 6) is -0.204. The van der Waals surface area contributed by atoms with Crippen molar-refractivity contribution in [3.63, 3.8) is 0 Å². The maximum atomic E-state index is 11.8. The van der Waals surface area contributed by atoms with Crippen molar-refractivity contribution in [3.05, 3.63) is 50.6 Å². The number of amides is 1. The highest BCUT2D eigenvalue weighted by molar-refractivity contribution is 7.11. The number of nitrogens with one attached hydrogen (secondary N) is 1. The SMILES string of the molecule is CCc1ccc(CNC(=O)Cn2cc(N)ccc2=O)s1. The summed E-state index contributed by atoms with van der Waals surface area (Å²) < 4.78 is 1.30. The fraction of sp³-hybridized carbons (Fsp3) is 0.286. The first-order valence-electron chi connectivity index (χ1n) is 6.38. The molecule has 0 unspecified atom stereocenters. The van der Waals surface area contributed by atoms with Crippen molar-refractivity contribution in [2.24, 2.45) is 0 Å². The molecule has 20 heavy (non-hydrogen) atoms. The lowest BCUT2D eigenvalue weighted by molar-refractivity contribution is -0.121. The number of anilines is 1. The highest BCUT2D eigenvalue weighted by Crippen LogP contribution is 2.16. The Kier molecular flexibility index (Phi) is 4.57. The second-order valence-corrected chi connectivity index (χ2v) is 5.68. The molecule has 6 heteroatoms. The van der Waals surface area contributed by atoms with E-state index in [1.54, 1.807) is 11.3 Å². The van der Waals surface area contributed by atoms with Gasteiger partial charge >= 0.3 is 0 Å². The number of nitrogens with two attached hydrogens (primary N) is 1. The maximum Gasteiger partial charge on any atom is 0.251 e. The highest BCUT2D eigenvalue weighted by atomic mass is 32.1. The van der Waals surface area contributed by atoms with Gasteiger partial charge in [-0.1, -0.05) is 6.92 Å². The molecule has 2 heterocycles. The molecule has 0 spiro atoms. The van der Waals surface area contributed by atoms with Gasteiger partial charge in [0, 0.05) is 27.7 Å². The van der Waals surface area contributed by atoms with Crippen LogP contribution in [0.1, 0.15) is 16.7 Å². The van der Waals surface area contributed by atoms with Crippen LogP contribution in [0.3, 0.4) is 0 Å². The molecule has 2 aromatic rings. The molecule has 0 saturated carbocycles. The van der Waals surface area contributed by atoms with Crippen LogP contribution in [-0.2, 0) is 24.3 Å². The molecule has 2 aromatic heterocycles. The number of hydrogen-bond donors (Lipinski definition) is 2. The van der Waals surface area contributed by atoms with Crippen LogP contribution in [0.4, 0.5) is 5.69 Å². The van der Waals surface area contributed by atoms with Crippen molar-refractivity contribution >= 4 is 22.9 Å². The van der Waals surface area contributed by atoms with Crippen molar-refractivity contribution in [3.8, 4) is 0 Å². The lowest BCUT2D eigenvalue weighted by Crippen LogP contribution is -2.31. The smallest absolute Gasteiger partial charge is 0.251 e. The van der Waals surface area contributed by atoms with Crippen LogP contribution in [0, 0.1) is 0 Å². The van der Waals surface area contributed by atoms with Crippen LogP contribution in [0.5, 0.6) is 0 Å². The van der Waals surface area contributed by atoms with Gasteiger partial charge < -0.3 is 15.6 Å². The fourth-order valence-corrected chi connectivity index (χ4v) is 2.67. The summed E-state index contributed by atoms with van der Waals surface area (Å²) >= 11 is 1.68. The van der Waals surface area contributed by atoms with E-state index in [9.17, 15) is 9.59 Å². The van der Waals surface area contributed by atoms with Gasteiger partial charge in [-0.05, 0) is 24.6 Å². The largest absolute Gasteiger partial charge is 0.398 e.